The lowest BCUT2D eigenvalue weighted by atomic mass is 10.1. The summed E-state index contributed by atoms with van der Waals surface area (Å²) in [6.45, 7) is 1.98. The number of nitrogens with zero attached hydrogens (tertiary/aromatic N) is 5. The molecule has 3 aromatic heterocycles. The molecule has 0 unspecified atom stereocenters. The fourth-order valence-corrected chi connectivity index (χ4v) is 1.90. The summed E-state index contributed by atoms with van der Waals surface area (Å²) in [5.74, 6) is 0. The zero-order chi connectivity index (χ0) is 11.8. The van der Waals surface area contributed by atoms with E-state index in [-0.39, 0.29) is 0 Å². The van der Waals surface area contributed by atoms with Gasteiger partial charge < -0.3 is 0 Å². The summed E-state index contributed by atoms with van der Waals surface area (Å²) in [5, 5.41) is 5.39. The second-order valence-electron chi connectivity index (χ2n) is 3.89. The zero-order valence-corrected chi connectivity index (χ0v) is 9.62. The average Bonchev–Trinajstić information content (AvgIpc) is 2.66. The number of hydrogen-bond acceptors (Lipinski definition) is 4. The van der Waals surface area contributed by atoms with Crippen molar-refractivity contribution in [2.24, 2.45) is 7.05 Å². The van der Waals surface area contributed by atoms with Gasteiger partial charge in [-0.15, -0.1) is 0 Å². The first kappa shape index (κ1) is 9.89. The number of aryl methyl sites for hydroxylation is 2. The van der Waals surface area contributed by atoms with Gasteiger partial charge in [0.1, 0.15) is 0 Å². The van der Waals surface area contributed by atoms with E-state index in [4.69, 9.17) is 0 Å². The van der Waals surface area contributed by atoms with E-state index in [9.17, 15) is 0 Å². The number of pyridine rings is 1. The highest BCUT2D eigenvalue weighted by Gasteiger charge is 2.08. The van der Waals surface area contributed by atoms with E-state index in [1.54, 1.807) is 29.5 Å². The molecule has 0 radical (unpaired) electrons. The van der Waals surface area contributed by atoms with E-state index in [1.807, 2.05) is 14.0 Å². The van der Waals surface area contributed by atoms with Crippen molar-refractivity contribution < 1.29 is 0 Å². The van der Waals surface area contributed by atoms with Gasteiger partial charge in [0.05, 0.1) is 17.6 Å². The first-order valence-electron chi connectivity index (χ1n) is 5.31. The standard InChI is InChI=1S/C12H11N5/c1-8-10-5-9(11-7-13-3-4-14-11)6-15-12(10)17(2)16-8/h3-7H,1-2H3. The third kappa shape index (κ3) is 1.56. The Bertz CT molecular complexity index is 672. The molecule has 0 amide bonds. The fraction of sp³-hybridized carbons (Fsp3) is 0.167. The van der Waals surface area contributed by atoms with Crippen LogP contribution in [0.1, 0.15) is 5.69 Å². The highest BCUT2D eigenvalue weighted by atomic mass is 15.3. The van der Waals surface area contributed by atoms with Gasteiger partial charge in [0, 0.05) is 36.6 Å². The van der Waals surface area contributed by atoms with Crippen molar-refractivity contribution in [2.75, 3.05) is 0 Å². The van der Waals surface area contributed by atoms with Crippen LogP contribution in [0.3, 0.4) is 0 Å². The second kappa shape index (κ2) is 3.62. The first-order chi connectivity index (χ1) is 8.25. The molecule has 0 atom stereocenters. The van der Waals surface area contributed by atoms with Crippen LogP contribution in [-0.4, -0.2) is 24.7 Å². The van der Waals surface area contributed by atoms with Crippen molar-refractivity contribution in [2.45, 2.75) is 6.92 Å². The Hall–Kier alpha value is -2.30. The summed E-state index contributed by atoms with van der Waals surface area (Å²) in [6, 6.07) is 2.05. The van der Waals surface area contributed by atoms with Gasteiger partial charge in [-0.2, -0.15) is 5.10 Å². The first-order valence-corrected chi connectivity index (χ1v) is 5.31. The van der Waals surface area contributed by atoms with E-state index in [1.165, 1.54) is 0 Å². The van der Waals surface area contributed by atoms with Gasteiger partial charge >= 0.3 is 0 Å². The van der Waals surface area contributed by atoms with Gasteiger partial charge in [-0.3, -0.25) is 14.6 Å². The van der Waals surface area contributed by atoms with Crippen LogP contribution in [-0.2, 0) is 7.05 Å². The topological polar surface area (TPSA) is 56.5 Å². The minimum absolute atomic E-state index is 0.824. The number of fused-ring (bicyclic) bond motifs is 1. The molecular formula is C12H11N5. The molecular weight excluding hydrogens is 214 g/mol. The van der Waals surface area contributed by atoms with Crippen LogP contribution in [0.4, 0.5) is 0 Å². The molecule has 5 nitrogen and oxygen atoms in total. The van der Waals surface area contributed by atoms with Gasteiger partial charge in [-0.05, 0) is 13.0 Å². The summed E-state index contributed by atoms with van der Waals surface area (Å²) in [5.41, 5.74) is 3.64. The van der Waals surface area contributed by atoms with Crippen molar-refractivity contribution in [3.63, 3.8) is 0 Å². The fourth-order valence-electron chi connectivity index (χ4n) is 1.90. The quantitative estimate of drug-likeness (QED) is 0.633. The molecule has 0 spiro atoms. The predicted octanol–water partition coefficient (Wildman–Crippen LogP) is 1.73. The molecule has 5 heteroatoms. The Labute approximate surface area is 98.2 Å². The minimum Gasteiger partial charge on any atom is -0.261 e. The van der Waals surface area contributed by atoms with E-state index >= 15 is 0 Å². The molecule has 17 heavy (non-hydrogen) atoms. The van der Waals surface area contributed by atoms with Gasteiger partial charge in [0.2, 0.25) is 0 Å². The summed E-state index contributed by atoms with van der Waals surface area (Å²) in [4.78, 5) is 12.7. The SMILES string of the molecule is Cc1nn(C)c2ncc(-c3cnccn3)cc12. The smallest absolute Gasteiger partial charge is 0.157 e. The molecule has 3 rings (SSSR count). The van der Waals surface area contributed by atoms with Crippen molar-refractivity contribution in [1.29, 1.82) is 0 Å². The summed E-state index contributed by atoms with van der Waals surface area (Å²) < 4.78 is 1.78. The van der Waals surface area contributed by atoms with Crippen molar-refractivity contribution in [3.8, 4) is 11.3 Å². The Balaban J connectivity index is 2.24. The maximum absolute atomic E-state index is 4.41. The van der Waals surface area contributed by atoms with Gasteiger partial charge in [-0.25, -0.2) is 4.98 Å². The lowest BCUT2D eigenvalue weighted by molar-refractivity contribution is 0.774. The Kier molecular flexibility index (Phi) is 2.11. The van der Waals surface area contributed by atoms with Gasteiger partial charge in [0.15, 0.2) is 5.65 Å². The summed E-state index contributed by atoms with van der Waals surface area (Å²) in [6.07, 6.45) is 6.86. The number of aromatic nitrogens is 5. The van der Waals surface area contributed by atoms with Crippen molar-refractivity contribution in [1.82, 2.24) is 24.7 Å². The average molecular weight is 225 g/mol. The highest BCUT2D eigenvalue weighted by Crippen LogP contribution is 2.21. The second-order valence-corrected chi connectivity index (χ2v) is 3.89. The molecule has 0 aromatic carbocycles. The van der Waals surface area contributed by atoms with Crippen molar-refractivity contribution >= 4 is 11.0 Å². The normalized spacial score (nSPS) is 10.9. The van der Waals surface area contributed by atoms with Gasteiger partial charge in [-0.1, -0.05) is 0 Å². The Morgan fingerprint density at radius 3 is 2.76 bits per heavy atom. The predicted molar refractivity (Wildman–Crippen MR) is 64.3 cm³/mol. The van der Waals surface area contributed by atoms with Crippen LogP contribution in [0.15, 0.2) is 30.9 Å². The Morgan fingerprint density at radius 2 is 2.00 bits per heavy atom. The lowest BCUT2D eigenvalue weighted by Gasteiger charge is -1.99. The van der Waals surface area contributed by atoms with Crippen LogP contribution >= 0.6 is 0 Å². The largest absolute Gasteiger partial charge is 0.261 e. The lowest BCUT2D eigenvalue weighted by Crippen LogP contribution is -1.92. The van der Waals surface area contributed by atoms with Crippen molar-refractivity contribution in [3.05, 3.63) is 36.5 Å². The molecule has 0 bridgehead atoms. The molecule has 0 aliphatic rings. The van der Waals surface area contributed by atoms with E-state index in [2.05, 4.69) is 26.1 Å². The van der Waals surface area contributed by atoms with E-state index in [0.717, 1.165) is 28.0 Å². The monoisotopic (exact) mass is 225 g/mol. The van der Waals surface area contributed by atoms with Crippen LogP contribution < -0.4 is 0 Å². The van der Waals surface area contributed by atoms with E-state index in [0.29, 0.717) is 0 Å². The van der Waals surface area contributed by atoms with Gasteiger partial charge in [0.25, 0.3) is 0 Å². The molecule has 0 aliphatic carbocycles. The van der Waals surface area contributed by atoms with Crippen LogP contribution in [0.2, 0.25) is 0 Å². The molecule has 0 N–H and O–H groups in total. The van der Waals surface area contributed by atoms with Crippen LogP contribution in [0.25, 0.3) is 22.3 Å². The summed E-state index contributed by atoms with van der Waals surface area (Å²) >= 11 is 0. The summed E-state index contributed by atoms with van der Waals surface area (Å²) in [7, 11) is 1.89. The molecule has 0 saturated heterocycles. The van der Waals surface area contributed by atoms with E-state index < -0.39 is 0 Å². The third-order valence-corrected chi connectivity index (χ3v) is 2.72. The van der Waals surface area contributed by atoms with Crippen LogP contribution in [0, 0.1) is 6.92 Å². The zero-order valence-electron chi connectivity index (χ0n) is 9.62. The molecule has 3 heterocycles. The molecule has 0 saturated carbocycles. The maximum Gasteiger partial charge on any atom is 0.157 e. The molecule has 84 valence electrons. The third-order valence-electron chi connectivity index (χ3n) is 2.72. The number of hydrogen-bond donors (Lipinski definition) is 0. The highest BCUT2D eigenvalue weighted by molar-refractivity contribution is 5.82. The molecule has 3 aromatic rings. The number of rotatable bonds is 1. The van der Waals surface area contributed by atoms with Crippen LogP contribution in [0.5, 0.6) is 0 Å². The minimum atomic E-state index is 0.824. The molecule has 0 aliphatic heterocycles. The maximum atomic E-state index is 4.41. The molecule has 0 fully saturated rings. The Morgan fingerprint density at radius 1 is 1.12 bits per heavy atom.